The average molecular weight is 402 g/mol. The van der Waals surface area contributed by atoms with Gasteiger partial charge in [0.15, 0.2) is 23.0 Å². The Morgan fingerprint density at radius 2 is 0.733 bits per heavy atom. The molecular formula is C26H26O4. The lowest BCUT2D eigenvalue weighted by atomic mass is 10.00. The van der Waals surface area contributed by atoms with E-state index in [0.717, 1.165) is 48.7 Å². The minimum Gasteiger partial charge on any atom is -0.486 e. The zero-order valence-corrected chi connectivity index (χ0v) is 17.1. The fraction of sp³-hybridized carbons (Fsp3) is 0.308. The van der Waals surface area contributed by atoms with Gasteiger partial charge in [-0.25, -0.2) is 0 Å². The van der Waals surface area contributed by atoms with Gasteiger partial charge in [0.25, 0.3) is 0 Å². The van der Waals surface area contributed by atoms with Crippen LogP contribution in [0.3, 0.4) is 0 Å². The smallest absolute Gasteiger partial charge is 0.161 e. The summed E-state index contributed by atoms with van der Waals surface area (Å²) in [6, 6.07) is 21.5. The largest absolute Gasteiger partial charge is 0.486 e. The third-order valence-electron chi connectivity index (χ3n) is 5.64. The van der Waals surface area contributed by atoms with Gasteiger partial charge in [-0.2, -0.15) is 0 Å². The summed E-state index contributed by atoms with van der Waals surface area (Å²) in [5, 5.41) is 0. The number of hydrogen-bond acceptors (Lipinski definition) is 4. The third-order valence-corrected chi connectivity index (χ3v) is 5.64. The van der Waals surface area contributed by atoms with Crippen LogP contribution in [-0.2, 0) is 25.7 Å². The third kappa shape index (κ3) is 4.38. The van der Waals surface area contributed by atoms with Crippen LogP contribution in [0.4, 0.5) is 0 Å². The Bertz CT molecular complexity index is 928. The molecule has 2 aliphatic heterocycles. The van der Waals surface area contributed by atoms with E-state index in [1.807, 2.05) is 12.1 Å². The van der Waals surface area contributed by atoms with Gasteiger partial charge in [0, 0.05) is 0 Å². The van der Waals surface area contributed by atoms with Gasteiger partial charge < -0.3 is 18.9 Å². The van der Waals surface area contributed by atoms with Crippen molar-refractivity contribution in [3.8, 4) is 23.0 Å². The van der Waals surface area contributed by atoms with E-state index in [9.17, 15) is 0 Å². The number of benzene rings is 3. The monoisotopic (exact) mass is 402 g/mol. The molecule has 0 spiro atoms. The van der Waals surface area contributed by atoms with Gasteiger partial charge in [0.1, 0.15) is 26.4 Å². The molecule has 4 nitrogen and oxygen atoms in total. The topological polar surface area (TPSA) is 36.9 Å². The molecule has 0 unspecified atom stereocenters. The summed E-state index contributed by atoms with van der Waals surface area (Å²) in [7, 11) is 0. The fourth-order valence-corrected chi connectivity index (χ4v) is 3.94. The fourth-order valence-electron chi connectivity index (χ4n) is 3.94. The molecule has 0 aromatic heterocycles. The summed E-state index contributed by atoms with van der Waals surface area (Å²) in [6.45, 7) is 2.52. The van der Waals surface area contributed by atoms with Crippen LogP contribution in [0.25, 0.3) is 0 Å². The lowest BCUT2D eigenvalue weighted by Gasteiger charge is -2.19. The maximum Gasteiger partial charge on any atom is 0.161 e. The van der Waals surface area contributed by atoms with Gasteiger partial charge >= 0.3 is 0 Å². The molecular weight excluding hydrogens is 376 g/mol. The molecule has 5 rings (SSSR count). The molecule has 0 amide bonds. The maximum absolute atomic E-state index is 5.69. The SMILES string of the molecule is c1cc(CCc2ccc3c(c2)OCCO3)ccc1CCc1ccc2c(c1)OCCO2. The van der Waals surface area contributed by atoms with Crippen LogP contribution in [-0.4, -0.2) is 26.4 Å². The molecule has 0 saturated heterocycles. The van der Waals surface area contributed by atoms with Crippen LogP contribution in [0.15, 0.2) is 60.7 Å². The number of fused-ring (bicyclic) bond motifs is 2. The van der Waals surface area contributed by atoms with Crippen molar-refractivity contribution in [2.45, 2.75) is 25.7 Å². The van der Waals surface area contributed by atoms with Crippen molar-refractivity contribution < 1.29 is 18.9 Å². The summed E-state index contributed by atoms with van der Waals surface area (Å²) in [5.74, 6) is 3.45. The lowest BCUT2D eigenvalue weighted by molar-refractivity contribution is 0.171. The zero-order chi connectivity index (χ0) is 20.2. The number of rotatable bonds is 6. The first-order chi connectivity index (χ1) is 14.8. The minimum absolute atomic E-state index is 0.629. The highest BCUT2D eigenvalue weighted by atomic mass is 16.6. The average Bonchev–Trinajstić information content (AvgIpc) is 2.82. The van der Waals surface area contributed by atoms with E-state index in [1.165, 1.54) is 22.3 Å². The quantitative estimate of drug-likeness (QED) is 0.594. The normalized spacial score (nSPS) is 14.4. The van der Waals surface area contributed by atoms with Crippen molar-refractivity contribution in [1.82, 2.24) is 0 Å². The molecule has 4 heteroatoms. The minimum atomic E-state index is 0.629. The zero-order valence-electron chi connectivity index (χ0n) is 17.1. The van der Waals surface area contributed by atoms with Crippen molar-refractivity contribution in [2.75, 3.05) is 26.4 Å². The summed E-state index contributed by atoms with van der Waals surface area (Å²) < 4.78 is 22.6. The van der Waals surface area contributed by atoms with Crippen molar-refractivity contribution >= 4 is 0 Å². The van der Waals surface area contributed by atoms with Gasteiger partial charge in [0.2, 0.25) is 0 Å². The van der Waals surface area contributed by atoms with E-state index in [2.05, 4.69) is 48.5 Å². The molecule has 2 aliphatic rings. The Morgan fingerprint density at radius 3 is 1.17 bits per heavy atom. The van der Waals surface area contributed by atoms with Crippen molar-refractivity contribution in [2.24, 2.45) is 0 Å². The Morgan fingerprint density at radius 1 is 0.400 bits per heavy atom. The molecule has 0 aliphatic carbocycles. The lowest BCUT2D eigenvalue weighted by Crippen LogP contribution is -2.15. The Balaban J connectivity index is 1.15. The predicted octanol–water partition coefficient (Wildman–Crippen LogP) is 4.80. The molecule has 3 aromatic rings. The molecule has 0 saturated carbocycles. The first-order valence-electron chi connectivity index (χ1n) is 10.7. The maximum atomic E-state index is 5.69. The molecule has 30 heavy (non-hydrogen) atoms. The van der Waals surface area contributed by atoms with Crippen LogP contribution in [0.1, 0.15) is 22.3 Å². The van der Waals surface area contributed by atoms with E-state index in [4.69, 9.17) is 18.9 Å². The number of hydrogen-bond donors (Lipinski definition) is 0. The Labute approximate surface area is 177 Å². The molecule has 0 radical (unpaired) electrons. The van der Waals surface area contributed by atoms with Crippen LogP contribution in [0, 0.1) is 0 Å². The van der Waals surface area contributed by atoms with E-state index >= 15 is 0 Å². The highest BCUT2D eigenvalue weighted by molar-refractivity contribution is 5.45. The second-order valence-corrected chi connectivity index (χ2v) is 7.77. The van der Waals surface area contributed by atoms with Gasteiger partial charge in [-0.05, 0) is 72.2 Å². The van der Waals surface area contributed by atoms with Gasteiger partial charge in [-0.15, -0.1) is 0 Å². The van der Waals surface area contributed by atoms with Crippen molar-refractivity contribution in [3.05, 3.63) is 82.9 Å². The predicted molar refractivity (Wildman–Crippen MR) is 116 cm³/mol. The highest BCUT2D eigenvalue weighted by Gasteiger charge is 2.12. The molecule has 0 atom stereocenters. The second-order valence-electron chi connectivity index (χ2n) is 7.77. The van der Waals surface area contributed by atoms with Crippen molar-refractivity contribution in [1.29, 1.82) is 0 Å². The van der Waals surface area contributed by atoms with Crippen LogP contribution >= 0.6 is 0 Å². The van der Waals surface area contributed by atoms with E-state index in [1.54, 1.807) is 0 Å². The summed E-state index contributed by atoms with van der Waals surface area (Å²) in [4.78, 5) is 0. The van der Waals surface area contributed by atoms with Gasteiger partial charge in [-0.1, -0.05) is 36.4 Å². The second kappa shape index (κ2) is 8.70. The van der Waals surface area contributed by atoms with Crippen LogP contribution in [0.2, 0.25) is 0 Å². The van der Waals surface area contributed by atoms with Crippen LogP contribution < -0.4 is 18.9 Å². The van der Waals surface area contributed by atoms with E-state index < -0.39 is 0 Å². The van der Waals surface area contributed by atoms with Gasteiger partial charge in [0.05, 0.1) is 0 Å². The Hall–Kier alpha value is -3.14. The number of ether oxygens (including phenoxy) is 4. The molecule has 3 aromatic carbocycles. The van der Waals surface area contributed by atoms with Crippen LogP contribution in [0.5, 0.6) is 23.0 Å². The summed E-state index contributed by atoms with van der Waals surface area (Å²) >= 11 is 0. The summed E-state index contributed by atoms with van der Waals surface area (Å²) in [6.07, 6.45) is 4.02. The first-order valence-corrected chi connectivity index (χ1v) is 10.7. The standard InChI is InChI=1S/C26H26O4/c1-2-20(6-8-22-10-12-24-26(18-22)30-16-14-28-24)4-3-19(1)5-7-21-9-11-23-25(17-21)29-15-13-27-23/h1-4,9-12,17-18H,5-8,13-16H2. The highest BCUT2D eigenvalue weighted by Crippen LogP contribution is 2.32. The molecule has 0 N–H and O–H groups in total. The Kier molecular flexibility index (Phi) is 5.47. The molecule has 0 bridgehead atoms. The van der Waals surface area contributed by atoms with Gasteiger partial charge in [-0.3, -0.25) is 0 Å². The molecule has 0 fully saturated rings. The van der Waals surface area contributed by atoms with E-state index in [0.29, 0.717) is 26.4 Å². The first kappa shape index (κ1) is 18.9. The van der Waals surface area contributed by atoms with E-state index in [-0.39, 0.29) is 0 Å². The molecule has 2 heterocycles. The number of aryl methyl sites for hydroxylation is 4. The summed E-state index contributed by atoms with van der Waals surface area (Å²) in [5.41, 5.74) is 5.27. The van der Waals surface area contributed by atoms with Crippen molar-refractivity contribution in [3.63, 3.8) is 0 Å². The molecule has 154 valence electrons.